The molecule has 1 aromatic heterocycles. The van der Waals surface area contributed by atoms with Crippen molar-refractivity contribution < 1.29 is 14.3 Å². The SMILES string of the molecule is C[C@]1(Cc2ccc3c(c2)OCO3)CCCN(C(=O)CCCn2ccnc2)C1. The smallest absolute Gasteiger partial charge is 0.231 e. The van der Waals surface area contributed by atoms with Gasteiger partial charge in [-0.3, -0.25) is 4.79 Å². The molecule has 1 aromatic carbocycles. The van der Waals surface area contributed by atoms with E-state index in [1.807, 2.05) is 16.8 Å². The van der Waals surface area contributed by atoms with Gasteiger partial charge in [0.2, 0.25) is 12.7 Å². The first-order valence-electron chi connectivity index (χ1n) is 9.73. The molecule has 1 atom stereocenters. The third-order valence-electron chi connectivity index (χ3n) is 5.57. The van der Waals surface area contributed by atoms with Gasteiger partial charge < -0.3 is 18.9 Å². The summed E-state index contributed by atoms with van der Waals surface area (Å²) in [5, 5.41) is 0. The number of aryl methyl sites for hydroxylation is 1. The van der Waals surface area contributed by atoms with E-state index in [2.05, 4.69) is 28.9 Å². The van der Waals surface area contributed by atoms with E-state index >= 15 is 0 Å². The lowest BCUT2D eigenvalue weighted by molar-refractivity contribution is -0.134. The van der Waals surface area contributed by atoms with Crippen LogP contribution in [0.4, 0.5) is 0 Å². The average Bonchev–Trinajstić information content (AvgIpc) is 3.32. The van der Waals surface area contributed by atoms with Crippen LogP contribution < -0.4 is 9.47 Å². The predicted molar refractivity (Wildman–Crippen MR) is 102 cm³/mol. The highest BCUT2D eigenvalue weighted by Crippen LogP contribution is 2.37. The van der Waals surface area contributed by atoms with Gasteiger partial charge in [-0.2, -0.15) is 0 Å². The summed E-state index contributed by atoms with van der Waals surface area (Å²) in [7, 11) is 0. The van der Waals surface area contributed by atoms with E-state index in [1.165, 1.54) is 5.56 Å². The normalized spacial score (nSPS) is 21.4. The number of ether oxygens (including phenoxy) is 2. The van der Waals surface area contributed by atoms with Crippen LogP contribution in [0.15, 0.2) is 36.9 Å². The number of hydrogen-bond donors (Lipinski definition) is 0. The maximum absolute atomic E-state index is 12.7. The van der Waals surface area contributed by atoms with Crippen LogP contribution in [-0.4, -0.2) is 40.2 Å². The van der Waals surface area contributed by atoms with Crippen LogP contribution in [0.25, 0.3) is 0 Å². The number of hydrogen-bond acceptors (Lipinski definition) is 4. The van der Waals surface area contributed by atoms with Gasteiger partial charge in [-0.15, -0.1) is 0 Å². The molecule has 2 aliphatic heterocycles. The van der Waals surface area contributed by atoms with Crippen LogP contribution in [0.2, 0.25) is 0 Å². The zero-order valence-electron chi connectivity index (χ0n) is 15.9. The summed E-state index contributed by atoms with van der Waals surface area (Å²) < 4.78 is 12.9. The lowest BCUT2D eigenvalue weighted by Crippen LogP contribution is -2.45. The molecule has 0 bridgehead atoms. The molecule has 6 heteroatoms. The zero-order chi connectivity index (χ0) is 18.7. The van der Waals surface area contributed by atoms with Gasteiger partial charge in [0.15, 0.2) is 11.5 Å². The number of fused-ring (bicyclic) bond motifs is 1. The molecular weight excluding hydrogens is 342 g/mol. The molecule has 0 saturated carbocycles. The molecule has 27 heavy (non-hydrogen) atoms. The number of rotatable bonds is 6. The van der Waals surface area contributed by atoms with Crippen molar-refractivity contribution in [2.75, 3.05) is 19.9 Å². The summed E-state index contributed by atoms with van der Waals surface area (Å²) >= 11 is 0. The van der Waals surface area contributed by atoms with Crippen molar-refractivity contribution in [2.45, 2.75) is 45.6 Å². The molecule has 0 spiro atoms. The van der Waals surface area contributed by atoms with Crippen molar-refractivity contribution in [3.63, 3.8) is 0 Å². The molecule has 2 aromatic rings. The van der Waals surface area contributed by atoms with E-state index in [-0.39, 0.29) is 11.3 Å². The van der Waals surface area contributed by atoms with Crippen LogP contribution in [0.1, 0.15) is 38.2 Å². The molecule has 1 amide bonds. The summed E-state index contributed by atoms with van der Waals surface area (Å²) in [4.78, 5) is 18.8. The van der Waals surface area contributed by atoms with E-state index < -0.39 is 0 Å². The minimum atomic E-state index is 0.103. The molecule has 3 heterocycles. The highest BCUT2D eigenvalue weighted by atomic mass is 16.7. The minimum Gasteiger partial charge on any atom is -0.454 e. The highest BCUT2D eigenvalue weighted by Gasteiger charge is 2.33. The number of piperidine rings is 1. The van der Waals surface area contributed by atoms with Crippen molar-refractivity contribution in [1.29, 1.82) is 0 Å². The maximum atomic E-state index is 12.7. The number of likely N-dealkylation sites (tertiary alicyclic amines) is 1. The second-order valence-electron chi connectivity index (χ2n) is 8.00. The number of aromatic nitrogens is 2. The average molecular weight is 369 g/mol. The largest absolute Gasteiger partial charge is 0.454 e. The molecule has 1 saturated heterocycles. The van der Waals surface area contributed by atoms with Crippen LogP contribution in [0.3, 0.4) is 0 Å². The van der Waals surface area contributed by atoms with Crippen molar-refractivity contribution in [3.05, 3.63) is 42.5 Å². The molecule has 1 fully saturated rings. The number of imidazole rings is 1. The number of amides is 1. The molecule has 0 N–H and O–H groups in total. The second kappa shape index (κ2) is 7.62. The standard InChI is InChI=1S/C21H27N3O3/c1-21(13-17-5-6-18-19(12-17)27-16-26-18)7-3-10-24(14-21)20(25)4-2-9-23-11-8-22-15-23/h5-6,8,11-12,15H,2-4,7,9-10,13-14,16H2,1H3/t21-/m1/s1. The Morgan fingerprint density at radius 2 is 2.19 bits per heavy atom. The minimum absolute atomic E-state index is 0.103. The summed E-state index contributed by atoms with van der Waals surface area (Å²) in [5.74, 6) is 1.92. The van der Waals surface area contributed by atoms with Crippen LogP contribution in [0.5, 0.6) is 11.5 Å². The third kappa shape index (κ3) is 4.26. The molecule has 0 aliphatic carbocycles. The van der Waals surface area contributed by atoms with E-state index in [0.717, 1.165) is 56.8 Å². The van der Waals surface area contributed by atoms with Crippen molar-refractivity contribution in [1.82, 2.24) is 14.5 Å². The monoisotopic (exact) mass is 369 g/mol. The van der Waals surface area contributed by atoms with Gasteiger partial charge in [0.25, 0.3) is 0 Å². The van der Waals surface area contributed by atoms with Gasteiger partial charge in [-0.25, -0.2) is 4.98 Å². The first-order chi connectivity index (χ1) is 13.1. The number of carbonyl (C=O) groups is 1. The van der Waals surface area contributed by atoms with E-state index in [9.17, 15) is 4.79 Å². The van der Waals surface area contributed by atoms with Crippen molar-refractivity contribution >= 4 is 5.91 Å². The van der Waals surface area contributed by atoms with E-state index in [0.29, 0.717) is 13.2 Å². The molecule has 2 aliphatic rings. The number of nitrogens with zero attached hydrogens (tertiary/aromatic N) is 3. The van der Waals surface area contributed by atoms with Crippen LogP contribution in [0, 0.1) is 5.41 Å². The topological polar surface area (TPSA) is 56.6 Å². The predicted octanol–water partition coefficient (Wildman–Crippen LogP) is 3.26. The fourth-order valence-electron chi connectivity index (χ4n) is 4.21. The van der Waals surface area contributed by atoms with E-state index in [4.69, 9.17) is 9.47 Å². The molecule has 144 valence electrons. The number of benzene rings is 1. The van der Waals surface area contributed by atoms with Gasteiger partial charge >= 0.3 is 0 Å². The summed E-state index contributed by atoms with van der Waals surface area (Å²) in [6, 6.07) is 6.19. The Balaban J connectivity index is 1.32. The Morgan fingerprint density at radius 3 is 3.04 bits per heavy atom. The lowest BCUT2D eigenvalue weighted by atomic mass is 9.77. The third-order valence-corrected chi connectivity index (χ3v) is 5.57. The quantitative estimate of drug-likeness (QED) is 0.784. The van der Waals surface area contributed by atoms with Crippen LogP contribution >= 0.6 is 0 Å². The summed E-state index contributed by atoms with van der Waals surface area (Å²) in [6.45, 7) is 5.14. The molecular formula is C21H27N3O3. The summed E-state index contributed by atoms with van der Waals surface area (Å²) in [5.41, 5.74) is 1.35. The molecule has 0 radical (unpaired) electrons. The lowest BCUT2D eigenvalue weighted by Gasteiger charge is -2.41. The molecule has 4 rings (SSSR count). The number of carbonyl (C=O) groups excluding carboxylic acids is 1. The van der Waals surface area contributed by atoms with Gasteiger partial charge in [0, 0.05) is 38.4 Å². The Kier molecular flexibility index (Phi) is 5.05. The Morgan fingerprint density at radius 1 is 1.30 bits per heavy atom. The van der Waals surface area contributed by atoms with E-state index in [1.54, 1.807) is 12.5 Å². The fourth-order valence-corrected chi connectivity index (χ4v) is 4.21. The summed E-state index contributed by atoms with van der Waals surface area (Å²) in [6.07, 6.45) is 10.1. The Labute approximate surface area is 160 Å². The van der Waals surface area contributed by atoms with Gasteiger partial charge in [0.1, 0.15) is 0 Å². The molecule has 0 unspecified atom stereocenters. The van der Waals surface area contributed by atoms with Gasteiger partial charge in [-0.1, -0.05) is 13.0 Å². The second-order valence-corrected chi connectivity index (χ2v) is 8.00. The zero-order valence-corrected chi connectivity index (χ0v) is 15.9. The molecule has 6 nitrogen and oxygen atoms in total. The Bertz CT molecular complexity index is 790. The highest BCUT2D eigenvalue weighted by molar-refractivity contribution is 5.76. The fraction of sp³-hybridized carbons (Fsp3) is 0.524. The van der Waals surface area contributed by atoms with Gasteiger partial charge in [0.05, 0.1) is 6.33 Å². The van der Waals surface area contributed by atoms with Crippen molar-refractivity contribution in [3.8, 4) is 11.5 Å². The first kappa shape index (κ1) is 17.9. The first-order valence-corrected chi connectivity index (χ1v) is 9.73. The maximum Gasteiger partial charge on any atom is 0.231 e. The Hall–Kier alpha value is -2.50. The van der Waals surface area contributed by atoms with Crippen LogP contribution in [-0.2, 0) is 17.8 Å². The van der Waals surface area contributed by atoms with Gasteiger partial charge in [-0.05, 0) is 48.8 Å². The van der Waals surface area contributed by atoms with Crippen molar-refractivity contribution in [2.24, 2.45) is 5.41 Å².